The Labute approximate surface area is 160 Å². The van der Waals surface area contributed by atoms with Crippen molar-refractivity contribution in [1.82, 2.24) is 0 Å². The van der Waals surface area contributed by atoms with Gasteiger partial charge in [0.05, 0.1) is 19.4 Å². The van der Waals surface area contributed by atoms with E-state index in [1.807, 2.05) is 6.92 Å². The summed E-state index contributed by atoms with van der Waals surface area (Å²) in [6, 6.07) is 7.82. The SMILES string of the molecule is CCOc1ccc(/C=C/C(=O)OCC(=O)Nc2ccc(F)cc2F)cc1OC. The average Bonchev–Trinajstić information content (AvgIpc) is 2.68. The van der Waals surface area contributed by atoms with Crippen LogP contribution in [0.1, 0.15) is 12.5 Å². The van der Waals surface area contributed by atoms with Crippen molar-refractivity contribution in [3.63, 3.8) is 0 Å². The van der Waals surface area contributed by atoms with Gasteiger partial charge < -0.3 is 19.5 Å². The number of methoxy groups -OCH3 is 1. The van der Waals surface area contributed by atoms with Gasteiger partial charge in [-0.3, -0.25) is 4.79 Å². The van der Waals surface area contributed by atoms with Crippen LogP contribution in [0.25, 0.3) is 6.08 Å². The normalized spacial score (nSPS) is 10.6. The van der Waals surface area contributed by atoms with Gasteiger partial charge in [0, 0.05) is 12.1 Å². The summed E-state index contributed by atoms with van der Waals surface area (Å²) in [6.45, 7) is 1.72. The highest BCUT2D eigenvalue weighted by atomic mass is 19.1. The molecule has 0 aliphatic heterocycles. The number of rotatable bonds is 8. The zero-order valence-corrected chi connectivity index (χ0v) is 15.3. The van der Waals surface area contributed by atoms with Crippen LogP contribution in [-0.2, 0) is 14.3 Å². The zero-order valence-electron chi connectivity index (χ0n) is 15.3. The molecule has 0 aromatic heterocycles. The molecule has 0 radical (unpaired) electrons. The summed E-state index contributed by atoms with van der Waals surface area (Å²) >= 11 is 0. The number of nitrogens with one attached hydrogen (secondary N) is 1. The number of carbonyl (C=O) groups is 2. The van der Waals surface area contributed by atoms with Crippen molar-refractivity contribution in [3.8, 4) is 11.5 Å². The molecule has 1 N–H and O–H groups in total. The minimum absolute atomic E-state index is 0.209. The van der Waals surface area contributed by atoms with Crippen molar-refractivity contribution in [3.05, 3.63) is 59.7 Å². The summed E-state index contributed by atoms with van der Waals surface area (Å²) in [4.78, 5) is 23.4. The first-order valence-corrected chi connectivity index (χ1v) is 8.33. The molecule has 2 rings (SSSR count). The molecule has 2 aromatic carbocycles. The second kappa shape index (κ2) is 10.1. The summed E-state index contributed by atoms with van der Waals surface area (Å²) < 4.78 is 41.7. The van der Waals surface area contributed by atoms with Gasteiger partial charge in [-0.2, -0.15) is 0 Å². The van der Waals surface area contributed by atoms with Crippen molar-refractivity contribution in [1.29, 1.82) is 0 Å². The van der Waals surface area contributed by atoms with Gasteiger partial charge in [-0.25, -0.2) is 13.6 Å². The summed E-state index contributed by atoms with van der Waals surface area (Å²) in [5, 5.41) is 2.19. The first-order chi connectivity index (χ1) is 13.4. The van der Waals surface area contributed by atoms with E-state index in [0.717, 1.165) is 18.2 Å². The van der Waals surface area contributed by atoms with Gasteiger partial charge in [-0.15, -0.1) is 0 Å². The monoisotopic (exact) mass is 391 g/mol. The van der Waals surface area contributed by atoms with E-state index in [-0.39, 0.29) is 5.69 Å². The maximum atomic E-state index is 13.5. The molecule has 1 amide bonds. The van der Waals surface area contributed by atoms with Gasteiger partial charge in [0.1, 0.15) is 11.6 Å². The highest BCUT2D eigenvalue weighted by Crippen LogP contribution is 2.28. The van der Waals surface area contributed by atoms with Crippen LogP contribution in [-0.4, -0.2) is 32.2 Å². The van der Waals surface area contributed by atoms with Crippen molar-refractivity contribution in [2.24, 2.45) is 0 Å². The largest absolute Gasteiger partial charge is 0.493 e. The third-order valence-corrected chi connectivity index (χ3v) is 3.45. The van der Waals surface area contributed by atoms with E-state index in [1.165, 1.54) is 13.2 Å². The van der Waals surface area contributed by atoms with Crippen LogP contribution in [0.3, 0.4) is 0 Å². The van der Waals surface area contributed by atoms with Gasteiger partial charge in [0.25, 0.3) is 5.91 Å². The van der Waals surface area contributed by atoms with Crippen molar-refractivity contribution in [2.45, 2.75) is 6.92 Å². The molecule has 0 bridgehead atoms. The van der Waals surface area contributed by atoms with Crippen molar-refractivity contribution in [2.75, 3.05) is 25.6 Å². The van der Waals surface area contributed by atoms with E-state index in [4.69, 9.17) is 14.2 Å². The van der Waals surface area contributed by atoms with E-state index in [1.54, 1.807) is 18.2 Å². The van der Waals surface area contributed by atoms with Gasteiger partial charge in [-0.1, -0.05) is 6.07 Å². The molecule has 0 saturated carbocycles. The van der Waals surface area contributed by atoms with Crippen LogP contribution in [0.4, 0.5) is 14.5 Å². The lowest BCUT2D eigenvalue weighted by Crippen LogP contribution is -2.20. The molecular formula is C20H19F2NO5. The maximum absolute atomic E-state index is 13.5. The van der Waals surface area contributed by atoms with Crippen LogP contribution in [0.2, 0.25) is 0 Å². The molecule has 28 heavy (non-hydrogen) atoms. The molecule has 0 heterocycles. The van der Waals surface area contributed by atoms with E-state index in [0.29, 0.717) is 29.7 Å². The van der Waals surface area contributed by atoms with Crippen LogP contribution in [0.5, 0.6) is 11.5 Å². The minimum atomic E-state index is -0.927. The summed E-state index contributed by atoms with van der Waals surface area (Å²) in [5.74, 6) is -2.12. The van der Waals surface area contributed by atoms with Crippen LogP contribution < -0.4 is 14.8 Å². The van der Waals surface area contributed by atoms with Gasteiger partial charge in [-0.05, 0) is 42.8 Å². The molecule has 8 heteroatoms. The fourth-order valence-electron chi connectivity index (χ4n) is 2.19. The quantitative estimate of drug-likeness (QED) is 0.550. The minimum Gasteiger partial charge on any atom is -0.493 e. The molecule has 148 valence electrons. The number of ether oxygens (including phenoxy) is 3. The third-order valence-electron chi connectivity index (χ3n) is 3.45. The molecule has 0 aliphatic carbocycles. The van der Waals surface area contributed by atoms with E-state index in [2.05, 4.69) is 5.32 Å². The van der Waals surface area contributed by atoms with Gasteiger partial charge in [0.2, 0.25) is 0 Å². The Morgan fingerprint density at radius 3 is 2.57 bits per heavy atom. The number of hydrogen-bond acceptors (Lipinski definition) is 5. The number of carbonyl (C=O) groups excluding carboxylic acids is 2. The second-order valence-electron chi connectivity index (χ2n) is 5.46. The number of hydrogen-bond donors (Lipinski definition) is 1. The summed E-state index contributed by atoms with van der Waals surface area (Å²) in [5.41, 5.74) is 0.453. The molecule has 6 nitrogen and oxygen atoms in total. The Kier molecular flexibility index (Phi) is 7.50. The molecule has 0 saturated heterocycles. The van der Waals surface area contributed by atoms with Crippen LogP contribution in [0, 0.1) is 11.6 Å². The van der Waals surface area contributed by atoms with Gasteiger partial charge >= 0.3 is 5.97 Å². The lowest BCUT2D eigenvalue weighted by atomic mass is 10.2. The third kappa shape index (κ3) is 6.08. The Balaban J connectivity index is 1.88. The highest BCUT2D eigenvalue weighted by Gasteiger charge is 2.10. The smallest absolute Gasteiger partial charge is 0.331 e. The predicted molar refractivity (Wildman–Crippen MR) is 99.1 cm³/mol. The average molecular weight is 391 g/mol. The second-order valence-corrected chi connectivity index (χ2v) is 5.46. The number of halogens is 2. The molecule has 2 aromatic rings. The zero-order chi connectivity index (χ0) is 20.5. The summed E-state index contributed by atoms with van der Waals surface area (Å²) in [6.07, 6.45) is 2.62. The summed E-state index contributed by atoms with van der Waals surface area (Å²) in [7, 11) is 1.50. The van der Waals surface area contributed by atoms with E-state index in [9.17, 15) is 18.4 Å². The Morgan fingerprint density at radius 2 is 1.89 bits per heavy atom. The van der Waals surface area contributed by atoms with Gasteiger partial charge in [0.15, 0.2) is 18.1 Å². The van der Waals surface area contributed by atoms with E-state index < -0.39 is 30.1 Å². The van der Waals surface area contributed by atoms with Crippen molar-refractivity contribution >= 4 is 23.6 Å². The Hall–Kier alpha value is -3.42. The van der Waals surface area contributed by atoms with E-state index >= 15 is 0 Å². The molecule has 0 spiro atoms. The molecule has 0 aliphatic rings. The molecule has 0 unspecified atom stereocenters. The van der Waals surface area contributed by atoms with Crippen molar-refractivity contribution < 1.29 is 32.6 Å². The fraction of sp³-hybridized carbons (Fsp3) is 0.200. The first kappa shape index (κ1) is 20.9. The number of anilines is 1. The lowest BCUT2D eigenvalue weighted by Gasteiger charge is -2.09. The molecular weight excluding hydrogens is 372 g/mol. The standard InChI is InChI=1S/C20H19F2NO5/c1-3-27-17-8-4-13(10-18(17)26-2)5-9-20(25)28-12-19(24)23-16-7-6-14(21)11-15(16)22/h4-11H,3,12H2,1-2H3,(H,23,24)/b9-5+. The Bertz CT molecular complexity index is 883. The number of amides is 1. The van der Waals surface area contributed by atoms with Crippen LogP contribution >= 0.6 is 0 Å². The first-order valence-electron chi connectivity index (χ1n) is 8.33. The fourth-order valence-corrected chi connectivity index (χ4v) is 2.19. The number of esters is 1. The van der Waals surface area contributed by atoms with Crippen LogP contribution in [0.15, 0.2) is 42.5 Å². The number of benzene rings is 2. The maximum Gasteiger partial charge on any atom is 0.331 e. The molecule has 0 fully saturated rings. The molecule has 0 atom stereocenters. The Morgan fingerprint density at radius 1 is 1.11 bits per heavy atom. The predicted octanol–water partition coefficient (Wildman–Crippen LogP) is 3.57. The highest BCUT2D eigenvalue weighted by molar-refractivity contribution is 5.94. The topological polar surface area (TPSA) is 73.9 Å². The lowest BCUT2D eigenvalue weighted by molar-refractivity contribution is -0.142.